The van der Waals surface area contributed by atoms with E-state index < -0.39 is 22.0 Å². The fourth-order valence-corrected chi connectivity index (χ4v) is 1.99. The van der Waals surface area contributed by atoms with Crippen LogP contribution in [0.1, 0.15) is 37.0 Å². The van der Waals surface area contributed by atoms with Crippen molar-refractivity contribution in [3.05, 3.63) is 35.4 Å². The molecule has 2 N–H and O–H groups in total. The first-order valence-corrected chi connectivity index (χ1v) is 6.63. The quantitative estimate of drug-likeness (QED) is 0.791. The minimum absolute atomic E-state index is 0.382. The second-order valence-electron chi connectivity index (χ2n) is 4.09. The van der Waals surface area contributed by atoms with Gasteiger partial charge in [-0.1, -0.05) is 38.1 Å². The predicted octanol–water partition coefficient (Wildman–Crippen LogP) is 1.73. The molecule has 0 radical (unpaired) electrons. The van der Waals surface area contributed by atoms with Gasteiger partial charge in [0.05, 0.1) is 6.10 Å². The van der Waals surface area contributed by atoms with E-state index in [1.165, 1.54) is 0 Å². The maximum Gasteiger partial charge on any atom is 0.267 e. The lowest BCUT2D eigenvalue weighted by Crippen LogP contribution is -2.13. The van der Waals surface area contributed by atoms with E-state index in [9.17, 15) is 13.5 Å². The lowest BCUT2D eigenvalue weighted by molar-refractivity contribution is 0.199. The molecule has 1 aromatic carbocycles. The van der Waals surface area contributed by atoms with Crippen molar-refractivity contribution in [2.24, 2.45) is 0 Å². The summed E-state index contributed by atoms with van der Waals surface area (Å²) in [5.41, 5.74) is 1.60. The van der Waals surface area contributed by atoms with Crippen molar-refractivity contribution in [2.75, 3.05) is 5.75 Å². The Morgan fingerprint density at radius 1 is 1.12 bits per heavy atom. The van der Waals surface area contributed by atoms with Gasteiger partial charge in [0.25, 0.3) is 10.1 Å². The number of aliphatic hydroxyl groups is 1. The zero-order valence-electron chi connectivity index (χ0n) is 9.29. The summed E-state index contributed by atoms with van der Waals surface area (Å²) < 4.78 is 29.8. The molecule has 0 aliphatic rings. The fourth-order valence-electron chi connectivity index (χ4n) is 1.40. The Morgan fingerprint density at radius 2 is 1.56 bits per heavy atom. The van der Waals surface area contributed by atoms with Crippen molar-refractivity contribution in [3.63, 3.8) is 0 Å². The minimum Gasteiger partial charge on any atom is -0.387 e. The molecule has 0 fully saturated rings. The third kappa shape index (κ3) is 3.92. The Morgan fingerprint density at radius 3 is 1.94 bits per heavy atom. The molecule has 0 aromatic heterocycles. The summed E-state index contributed by atoms with van der Waals surface area (Å²) in [5.74, 6) is -0.290. The number of benzene rings is 1. The number of hydrogen-bond acceptors (Lipinski definition) is 3. The van der Waals surface area contributed by atoms with Crippen molar-refractivity contribution >= 4 is 10.1 Å². The molecule has 1 aromatic rings. The van der Waals surface area contributed by atoms with Crippen LogP contribution in [0, 0.1) is 0 Å². The molecule has 4 nitrogen and oxygen atoms in total. The highest BCUT2D eigenvalue weighted by Gasteiger charge is 2.15. The van der Waals surface area contributed by atoms with Gasteiger partial charge in [0.2, 0.25) is 0 Å². The summed E-state index contributed by atoms with van der Waals surface area (Å²) in [6.07, 6.45) is -1.18. The first-order chi connectivity index (χ1) is 7.29. The van der Waals surface area contributed by atoms with Crippen LogP contribution in [0.4, 0.5) is 0 Å². The van der Waals surface area contributed by atoms with Crippen LogP contribution in [0.25, 0.3) is 0 Å². The topological polar surface area (TPSA) is 74.6 Å². The maximum absolute atomic E-state index is 10.6. The SMILES string of the molecule is CC(C)c1ccc(C(O)CS(=O)(=O)O)cc1. The van der Waals surface area contributed by atoms with Gasteiger partial charge in [0, 0.05) is 0 Å². The first kappa shape index (κ1) is 13.2. The van der Waals surface area contributed by atoms with Crippen LogP contribution in [0.5, 0.6) is 0 Å². The Bertz CT molecular complexity index is 434. The summed E-state index contributed by atoms with van der Waals surface area (Å²) in [6.45, 7) is 4.09. The van der Waals surface area contributed by atoms with E-state index in [4.69, 9.17) is 4.55 Å². The molecular formula is C11H16O4S. The van der Waals surface area contributed by atoms with Gasteiger partial charge in [0.15, 0.2) is 0 Å². The third-order valence-electron chi connectivity index (χ3n) is 2.36. The van der Waals surface area contributed by atoms with Gasteiger partial charge in [-0.25, -0.2) is 0 Å². The third-order valence-corrected chi connectivity index (χ3v) is 3.09. The van der Waals surface area contributed by atoms with Gasteiger partial charge in [0.1, 0.15) is 5.75 Å². The van der Waals surface area contributed by atoms with E-state index in [1.807, 2.05) is 26.0 Å². The monoisotopic (exact) mass is 244 g/mol. The van der Waals surface area contributed by atoms with Crippen molar-refractivity contribution in [1.29, 1.82) is 0 Å². The molecule has 0 spiro atoms. The minimum atomic E-state index is -4.15. The van der Waals surface area contributed by atoms with Crippen LogP contribution in [-0.2, 0) is 10.1 Å². The van der Waals surface area contributed by atoms with Crippen molar-refractivity contribution in [1.82, 2.24) is 0 Å². The maximum atomic E-state index is 10.6. The van der Waals surface area contributed by atoms with Gasteiger partial charge in [-0.15, -0.1) is 0 Å². The molecule has 0 heterocycles. The smallest absolute Gasteiger partial charge is 0.267 e. The average Bonchev–Trinajstić information content (AvgIpc) is 2.15. The summed E-state index contributed by atoms with van der Waals surface area (Å²) >= 11 is 0. The molecular weight excluding hydrogens is 228 g/mol. The largest absolute Gasteiger partial charge is 0.387 e. The Balaban J connectivity index is 2.82. The molecule has 1 rings (SSSR count). The number of aliphatic hydroxyl groups excluding tert-OH is 1. The molecule has 0 aliphatic heterocycles. The van der Waals surface area contributed by atoms with Gasteiger partial charge in [-0.2, -0.15) is 8.42 Å². The van der Waals surface area contributed by atoms with Crippen LogP contribution in [0.15, 0.2) is 24.3 Å². The summed E-state index contributed by atoms with van der Waals surface area (Å²) in [5, 5.41) is 9.55. The highest BCUT2D eigenvalue weighted by Crippen LogP contribution is 2.19. The normalized spacial score (nSPS) is 14.1. The average molecular weight is 244 g/mol. The molecule has 0 saturated carbocycles. The summed E-state index contributed by atoms with van der Waals surface area (Å²) in [4.78, 5) is 0. The van der Waals surface area contributed by atoms with Gasteiger partial charge >= 0.3 is 0 Å². The number of rotatable bonds is 4. The van der Waals surface area contributed by atoms with E-state index in [0.29, 0.717) is 11.5 Å². The van der Waals surface area contributed by atoms with Crippen LogP contribution in [-0.4, -0.2) is 23.8 Å². The second kappa shape index (κ2) is 4.95. The van der Waals surface area contributed by atoms with Crippen LogP contribution >= 0.6 is 0 Å². The lowest BCUT2D eigenvalue weighted by atomic mass is 10.0. The molecule has 1 atom stereocenters. The Labute approximate surface area is 95.7 Å². The van der Waals surface area contributed by atoms with E-state index in [2.05, 4.69) is 0 Å². The molecule has 0 saturated heterocycles. The van der Waals surface area contributed by atoms with Crippen molar-refractivity contribution in [3.8, 4) is 0 Å². The molecule has 0 amide bonds. The molecule has 90 valence electrons. The molecule has 5 heteroatoms. The molecule has 1 unspecified atom stereocenters. The second-order valence-corrected chi connectivity index (χ2v) is 5.58. The van der Waals surface area contributed by atoms with Crippen LogP contribution in [0.3, 0.4) is 0 Å². The summed E-state index contributed by atoms with van der Waals surface area (Å²) in [6, 6.07) is 7.02. The predicted molar refractivity (Wildman–Crippen MR) is 61.9 cm³/mol. The zero-order chi connectivity index (χ0) is 12.3. The number of hydrogen-bond donors (Lipinski definition) is 2. The molecule has 0 bridgehead atoms. The van der Waals surface area contributed by atoms with Crippen LogP contribution in [0.2, 0.25) is 0 Å². The summed E-state index contributed by atoms with van der Waals surface area (Å²) in [7, 11) is -4.15. The Kier molecular flexibility index (Phi) is 4.07. The first-order valence-electron chi connectivity index (χ1n) is 5.02. The Hall–Kier alpha value is -0.910. The highest BCUT2D eigenvalue weighted by atomic mass is 32.2. The van der Waals surface area contributed by atoms with E-state index in [1.54, 1.807) is 12.1 Å². The zero-order valence-corrected chi connectivity index (χ0v) is 10.1. The van der Waals surface area contributed by atoms with E-state index in [0.717, 1.165) is 5.56 Å². The van der Waals surface area contributed by atoms with E-state index in [-0.39, 0.29) is 0 Å². The van der Waals surface area contributed by atoms with Gasteiger partial charge in [-0.05, 0) is 17.0 Å². The highest BCUT2D eigenvalue weighted by molar-refractivity contribution is 7.85. The van der Waals surface area contributed by atoms with Crippen molar-refractivity contribution < 1.29 is 18.1 Å². The molecule has 0 aliphatic carbocycles. The van der Waals surface area contributed by atoms with Gasteiger partial charge in [-0.3, -0.25) is 4.55 Å². The molecule has 16 heavy (non-hydrogen) atoms. The van der Waals surface area contributed by atoms with Gasteiger partial charge < -0.3 is 5.11 Å². The van der Waals surface area contributed by atoms with Crippen molar-refractivity contribution in [2.45, 2.75) is 25.9 Å². The fraction of sp³-hybridized carbons (Fsp3) is 0.455. The lowest BCUT2D eigenvalue weighted by Gasteiger charge is -2.11. The van der Waals surface area contributed by atoms with Crippen LogP contribution < -0.4 is 0 Å². The van der Waals surface area contributed by atoms with E-state index >= 15 is 0 Å². The standard InChI is InChI=1S/C11H16O4S/c1-8(2)9-3-5-10(6-4-9)11(12)7-16(13,14)15/h3-6,8,11-12H,7H2,1-2H3,(H,13,14,15).